The molecule has 1 aliphatic carbocycles. The highest BCUT2D eigenvalue weighted by molar-refractivity contribution is 5.94. The fraction of sp³-hybridized carbons (Fsp3) is 0.353. The molecule has 1 fully saturated rings. The van der Waals surface area contributed by atoms with Crippen LogP contribution in [0.4, 0.5) is 4.39 Å². The van der Waals surface area contributed by atoms with E-state index in [1.54, 1.807) is 30.6 Å². The number of nitrogens with zero attached hydrogens (tertiary/aromatic N) is 2. The van der Waals surface area contributed by atoms with Gasteiger partial charge in [-0.2, -0.15) is 0 Å². The van der Waals surface area contributed by atoms with Crippen LogP contribution in [0.3, 0.4) is 0 Å². The van der Waals surface area contributed by atoms with Gasteiger partial charge in [0.15, 0.2) is 0 Å². The minimum absolute atomic E-state index is 0.0404. The van der Waals surface area contributed by atoms with Crippen LogP contribution in [0.25, 0.3) is 0 Å². The van der Waals surface area contributed by atoms with Crippen molar-refractivity contribution in [3.8, 4) is 6.01 Å². The van der Waals surface area contributed by atoms with E-state index in [1.807, 2.05) is 0 Å². The monoisotopic (exact) mass is 315 g/mol. The molecule has 0 radical (unpaired) electrons. The average Bonchev–Trinajstić information content (AvgIpc) is 2.58. The number of nitrogens with one attached hydrogen (secondary N) is 1. The van der Waals surface area contributed by atoms with Gasteiger partial charge in [-0.3, -0.25) is 4.79 Å². The van der Waals surface area contributed by atoms with Gasteiger partial charge in [-0.1, -0.05) is 12.1 Å². The number of benzene rings is 1. The van der Waals surface area contributed by atoms with Gasteiger partial charge in [0.25, 0.3) is 5.91 Å². The van der Waals surface area contributed by atoms with Crippen LogP contribution in [-0.4, -0.2) is 28.0 Å². The minimum Gasteiger partial charge on any atom is -0.460 e. The zero-order chi connectivity index (χ0) is 16.1. The number of aromatic nitrogens is 2. The minimum atomic E-state index is -0.497. The van der Waals surface area contributed by atoms with Gasteiger partial charge in [0.05, 0.1) is 5.56 Å². The van der Waals surface area contributed by atoms with Crippen molar-refractivity contribution >= 4 is 5.91 Å². The Morgan fingerprint density at radius 1 is 1.09 bits per heavy atom. The van der Waals surface area contributed by atoms with Crippen LogP contribution in [0, 0.1) is 5.82 Å². The number of ether oxygens (including phenoxy) is 1. The second kappa shape index (κ2) is 7.17. The van der Waals surface area contributed by atoms with Crippen LogP contribution < -0.4 is 10.1 Å². The van der Waals surface area contributed by atoms with Crippen molar-refractivity contribution < 1.29 is 13.9 Å². The van der Waals surface area contributed by atoms with Crippen molar-refractivity contribution in [3.05, 3.63) is 54.1 Å². The zero-order valence-electron chi connectivity index (χ0n) is 12.6. The molecule has 0 saturated heterocycles. The van der Waals surface area contributed by atoms with Gasteiger partial charge in [-0.25, -0.2) is 14.4 Å². The normalized spacial score (nSPS) is 20.7. The van der Waals surface area contributed by atoms with Gasteiger partial charge < -0.3 is 10.1 Å². The third-order valence-electron chi connectivity index (χ3n) is 3.94. The van der Waals surface area contributed by atoms with E-state index in [9.17, 15) is 9.18 Å². The summed E-state index contributed by atoms with van der Waals surface area (Å²) in [5.41, 5.74) is 0.0866. The Hall–Kier alpha value is -2.50. The van der Waals surface area contributed by atoms with Gasteiger partial charge in [-0.15, -0.1) is 0 Å². The first-order valence-corrected chi connectivity index (χ1v) is 7.71. The zero-order valence-corrected chi connectivity index (χ0v) is 12.6. The molecular weight excluding hydrogens is 297 g/mol. The summed E-state index contributed by atoms with van der Waals surface area (Å²) in [4.78, 5) is 20.2. The van der Waals surface area contributed by atoms with Crippen molar-refractivity contribution in [2.24, 2.45) is 0 Å². The molecule has 5 nitrogen and oxygen atoms in total. The molecule has 3 rings (SSSR count). The summed E-state index contributed by atoms with van der Waals surface area (Å²) in [7, 11) is 0. The average molecular weight is 315 g/mol. The van der Waals surface area contributed by atoms with Gasteiger partial charge in [-0.05, 0) is 43.9 Å². The molecule has 1 aromatic heterocycles. The lowest BCUT2D eigenvalue weighted by Crippen LogP contribution is -2.40. The summed E-state index contributed by atoms with van der Waals surface area (Å²) in [5.74, 6) is -0.859. The van der Waals surface area contributed by atoms with Crippen molar-refractivity contribution in [3.63, 3.8) is 0 Å². The lowest BCUT2D eigenvalue weighted by Gasteiger charge is -2.28. The summed E-state index contributed by atoms with van der Waals surface area (Å²) >= 11 is 0. The van der Waals surface area contributed by atoms with E-state index in [0.29, 0.717) is 6.01 Å². The second-order valence-electron chi connectivity index (χ2n) is 5.58. The van der Waals surface area contributed by atoms with Crippen molar-refractivity contribution in [1.82, 2.24) is 15.3 Å². The maximum Gasteiger partial charge on any atom is 0.316 e. The lowest BCUT2D eigenvalue weighted by molar-refractivity contribution is 0.0881. The number of carbonyl (C=O) groups excluding carboxylic acids is 1. The molecule has 1 amide bonds. The molecule has 0 bridgehead atoms. The number of amides is 1. The first-order valence-electron chi connectivity index (χ1n) is 7.71. The molecule has 0 unspecified atom stereocenters. The SMILES string of the molecule is O=C(NC1CCC(Oc2ncccn2)CC1)c1ccccc1F. The number of hydrogen-bond acceptors (Lipinski definition) is 4. The summed E-state index contributed by atoms with van der Waals surface area (Å²) in [6.07, 6.45) is 6.53. The lowest BCUT2D eigenvalue weighted by atomic mass is 9.92. The first-order chi connectivity index (χ1) is 11.2. The van der Waals surface area contributed by atoms with E-state index in [1.165, 1.54) is 12.1 Å². The number of carbonyl (C=O) groups is 1. The van der Waals surface area contributed by atoms with E-state index in [2.05, 4.69) is 15.3 Å². The van der Waals surface area contributed by atoms with E-state index in [0.717, 1.165) is 25.7 Å². The molecule has 1 heterocycles. The van der Waals surface area contributed by atoms with Gasteiger partial charge in [0, 0.05) is 18.4 Å². The number of rotatable bonds is 4. The van der Waals surface area contributed by atoms with Crippen LogP contribution in [0.2, 0.25) is 0 Å². The Balaban J connectivity index is 1.49. The van der Waals surface area contributed by atoms with Crippen LogP contribution in [0.15, 0.2) is 42.7 Å². The van der Waals surface area contributed by atoms with E-state index < -0.39 is 5.82 Å². The highest BCUT2D eigenvalue weighted by atomic mass is 19.1. The summed E-state index contributed by atoms with van der Waals surface area (Å²) in [6, 6.07) is 8.17. The molecular formula is C17H18FN3O2. The van der Waals surface area contributed by atoms with Gasteiger partial charge in [0.2, 0.25) is 0 Å². The van der Waals surface area contributed by atoms with Gasteiger partial charge >= 0.3 is 6.01 Å². The molecule has 6 heteroatoms. The van der Waals surface area contributed by atoms with E-state index in [4.69, 9.17) is 4.74 Å². The molecule has 1 N–H and O–H groups in total. The number of halogens is 1. The van der Waals surface area contributed by atoms with Crippen molar-refractivity contribution in [1.29, 1.82) is 0 Å². The molecule has 120 valence electrons. The van der Waals surface area contributed by atoms with E-state index in [-0.39, 0.29) is 23.6 Å². The maximum absolute atomic E-state index is 13.6. The third-order valence-corrected chi connectivity index (χ3v) is 3.94. The topological polar surface area (TPSA) is 64.1 Å². The van der Waals surface area contributed by atoms with E-state index >= 15 is 0 Å². The Labute approximate surface area is 133 Å². The smallest absolute Gasteiger partial charge is 0.316 e. The van der Waals surface area contributed by atoms with Crippen LogP contribution in [0.1, 0.15) is 36.0 Å². The highest BCUT2D eigenvalue weighted by Crippen LogP contribution is 2.22. The molecule has 1 saturated carbocycles. The summed E-state index contributed by atoms with van der Waals surface area (Å²) in [6.45, 7) is 0. The Kier molecular flexibility index (Phi) is 4.80. The summed E-state index contributed by atoms with van der Waals surface area (Å²) in [5, 5.41) is 2.89. The predicted molar refractivity (Wildman–Crippen MR) is 82.6 cm³/mol. The molecule has 1 aromatic carbocycles. The Bertz CT molecular complexity index is 658. The number of hydrogen-bond donors (Lipinski definition) is 1. The van der Waals surface area contributed by atoms with Crippen molar-refractivity contribution in [2.45, 2.75) is 37.8 Å². The maximum atomic E-state index is 13.6. The summed E-state index contributed by atoms with van der Waals surface area (Å²) < 4.78 is 19.3. The van der Waals surface area contributed by atoms with Crippen LogP contribution in [-0.2, 0) is 0 Å². The quantitative estimate of drug-likeness (QED) is 0.942. The molecule has 1 aliphatic rings. The first kappa shape index (κ1) is 15.4. The molecule has 0 aliphatic heterocycles. The largest absolute Gasteiger partial charge is 0.460 e. The molecule has 2 aromatic rings. The second-order valence-corrected chi connectivity index (χ2v) is 5.58. The predicted octanol–water partition coefficient (Wildman–Crippen LogP) is 2.74. The highest BCUT2D eigenvalue weighted by Gasteiger charge is 2.25. The Morgan fingerprint density at radius 3 is 2.48 bits per heavy atom. The third kappa shape index (κ3) is 4.03. The fourth-order valence-electron chi connectivity index (χ4n) is 2.73. The molecule has 0 atom stereocenters. The van der Waals surface area contributed by atoms with Crippen molar-refractivity contribution in [2.75, 3.05) is 0 Å². The van der Waals surface area contributed by atoms with Crippen LogP contribution >= 0.6 is 0 Å². The van der Waals surface area contributed by atoms with Crippen LogP contribution in [0.5, 0.6) is 6.01 Å². The standard InChI is InChI=1S/C17H18FN3O2/c18-15-5-2-1-4-14(15)16(22)21-12-6-8-13(9-7-12)23-17-19-10-3-11-20-17/h1-5,10-13H,6-9H2,(H,21,22). The molecule has 23 heavy (non-hydrogen) atoms. The van der Waals surface area contributed by atoms with Gasteiger partial charge in [0.1, 0.15) is 11.9 Å². The fourth-order valence-corrected chi connectivity index (χ4v) is 2.73. The molecule has 0 spiro atoms. The Morgan fingerprint density at radius 2 is 1.78 bits per heavy atom.